The van der Waals surface area contributed by atoms with E-state index in [0.29, 0.717) is 11.5 Å². The molecule has 26 heavy (non-hydrogen) atoms. The fourth-order valence-corrected chi connectivity index (χ4v) is 3.73. The van der Waals surface area contributed by atoms with Gasteiger partial charge in [-0.15, -0.1) is 0 Å². The SMILES string of the molecule is COC(=O)[C@@H](C)N1C(=O)S/C(=C/c2ccc(-c3cccc(Br)c3)o2)C1=O. The van der Waals surface area contributed by atoms with Gasteiger partial charge in [0.25, 0.3) is 11.1 Å². The van der Waals surface area contributed by atoms with Crippen LogP contribution >= 0.6 is 27.7 Å². The minimum atomic E-state index is -0.979. The minimum Gasteiger partial charge on any atom is -0.467 e. The van der Waals surface area contributed by atoms with E-state index in [0.717, 1.165) is 26.7 Å². The first-order chi connectivity index (χ1) is 12.4. The van der Waals surface area contributed by atoms with E-state index >= 15 is 0 Å². The van der Waals surface area contributed by atoms with E-state index in [1.54, 1.807) is 12.1 Å². The Bertz CT molecular complexity index is 920. The van der Waals surface area contributed by atoms with Gasteiger partial charge >= 0.3 is 5.97 Å². The first-order valence-electron chi connectivity index (χ1n) is 7.61. The summed E-state index contributed by atoms with van der Waals surface area (Å²) in [5.74, 6) is -0.113. The van der Waals surface area contributed by atoms with Crippen molar-refractivity contribution in [3.63, 3.8) is 0 Å². The van der Waals surface area contributed by atoms with Crippen LogP contribution in [0.1, 0.15) is 12.7 Å². The van der Waals surface area contributed by atoms with Crippen molar-refractivity contribution in [1.82, 2.24) is 4.90 Å². The molecule has 1 fully saturated rings. The van der Waals surface area contributed by atoms with Gasteiger partial charge in [-0.3, -0.25) is 14.5 Å². The third kappa shape index (κ3) is 3.61. The monoisotopic (exact) mass is 435 g/mol. The molecule has 1 aliphatic heterocycles. The Balaban J connectivity index is 1.84. The van der Waals surface area contributed by atoms with Crippen LogP contribution < -0.4 is 0 Å². The van der Waals surface area contributed by atoms with E-state index in [9.17, 15) is 14.4 Å². The zero-order valence-electron chi connectivity index (χ0n) is 13.9. The minimum absolute atomic E-state index is 0.195. The van der Waals surface area contributed by atoms with Crippen LogP contribution in [0.15, 0.2) is 50.2 Å². The van der Waals surface area contributed by atoms with Gasteiger partial charge in [0, 0.05) is 16.1 Å². The van der Waals surface area contributed by atoms with Crippen LogP contribution in [0.3, 0.4) is 0 Å². The number of hydrogen-bond donors (Lipinski definition) is 0. The molecule has 3 rings (SSSR count). The van der Waals surface area contributed by atoms with Gasteiger partial charge in [0.05, 0.1) is 12.0 Å². The van der Waals surface area contributed by atoms with Crippen molar-refractivity contribution < 1.29 is 23.5 Å². The molecule has 0 radical (unpaired) electrons. The van der Waals surface area contributed by atoms with Gasteiger partial charge < -0.3 is 9.15 Å². The number of amides is 2. The number of thioether (sulfide) groups is 1. The van der Waals surface area contributed by atoms with Gasteiger partial charge in [-0.2, -0.15) is 0 Å². The number of nitrogens with zero attached hydrogens (tertiary/aromatic N) is 1. The lowest BCUT2D eigenvalue weighted by Gasteiger charge is -2.18. The molecular formula is C18H14BrNO5S. The molecule has 0 N–H and O–H groups in total. The second kappa shape index (κ2) is 7.51. The van der Waals surface area contributed by atoms with E-state index in [-0.39, 0.29) is 4.91 Å². The standard InChI is InChI=1S/C18H14BrNO5S/c1-10(17(22)24-2)20-16(21)15(26-18(20)23)9-13-6-7-14(25-13)11-4-3-5-12(19)8-11/h3-10H,1-2H3/b15-9+/t10-/m1/s1. The van der Waals surface area contributed by atoms with Crippen LogP contribution in [0.5, 0.6) is 0 Å². The Labute approximate surface area is 162 Å². The van der Waals surface area contributed by atoms with E-state index in [1.165, 1.54) is 20.1 Å². The third-order valence-electron chi connectivity index (χ3n) is 3.76. The molecule has 1 atom stereocenters. The highest BCUT2D eigenvalue weighted by molar-refractivity contribution is 9.10. The summed E-state index contributed by atoms with van der Waals surface area (Å²) in [7, 11) is 1.21. The van der Waals surface area contributed by atoms with Gasteiger partial charge in [0.15, 0.2) is 0 Å². The molecule has 0 saturated carbocycles. The van der Waals surface area contributed by atoms with Crippen LogP contribution in [0, 0.1) is 0 Å². The van der Waals surface area contributed by atoms with Crippen LogP contribution in [-0.2, 0) is 14.3 Å². The summed E-state index contributed by atoms with van der Waals surface area (Å²) < 4.78 is 11.3. The number of rotatable bonds is 4. The number of furan rings is 1. The van der Waals surface area contributed by atoms with Crippen molar-refractivity contribution in [2.45, 2.75) is 13.0 Å². The molecule has 1 saturated heterocycles. The fourth-order valence-electron chi connectivity index (χ4n) is 2.45. The van der Waals surface area contributed by atoms with E-state index in [4.69, 9.17) is 4.42 Å². The molecule has 0 unspecified atom stereocenters. The first-order valence-corrected chi connectivity index (χ1v) is 9.22. The largest absolute Gasteiger partial charge is 0.467 e. The molecule has 1 aromatic heterocycles. The van der Waals surface area contributed by atoms with E-state index < -0.39 is 23.2 Å². The Morgan fingerprint density at radius 1 is 1.31 bits per heavy atom. The average molecular weight is 436 g/mol. The number of esters is 1. The average Bonchev–Trinajstić information content (AvgIpc) is 3.19. The number of carbonyl (C=O) groups excluding carboxylic acids is 3. The van der Waals surface area contributed by atoms with Crippen molar-refractivity contribution in [1.29, 1.82) is 0 Å². The molecule has 134 valence electrons. The van der Waals surface area contributed by atoms with Gasteiger partial charge in [-0.1, -0.05) is 28.1 Å². The lowest BCUT2D eigenvalue weighted by atomic mass is 10.2. The van der Waals surface area contributed by atoms with Crippen molar-refractivity contribution >= 4 is 50.9 Å². The lowest BCUT2D eigenvalue weighted by molar-refractivity contribution is -0.148. The van der Waals surface area contributed by atoms with Gasteiger partial charge in [-0.05, 0) is 43.0 Å². The molecule has 2 aromatic rings. The summed E-state index contributed by atoms with van der Waals surface area (Å²) in [6.45, 7) is 1.45. The summed E-state index contributed by atoms with van der Waals surface area (Å²) in [4.78, 5) is 37.3. The number of halogens is 1. The zero-order chi connectivity index (χ0) is 18.8. The molecule has 8 heteroatoms. The van der Waals surface area contributed by atoms with Crippen LogP contribution in [0.2, 0.25) is 0 Å². The maximum atomic E-state index is 12.5. The Morgan fingerprint density at radius 2 is 2.08 bits per heavy atom. The number of benzene rings is 1. The van der Waals surface area contributed by atoms with Crippen molar-refractivity contribution in [3.8, 4) is 11.3 Å². The number of hydrogen-bond acceptors (Lipinski definition) is 6. The second-order valence-electron chi connectivity index (χ2n) is 5.46. The zero-order valence-corrected chi connectivity index (χ0v) is 16.3. The van der Waals surface area contributed by atoms with Crippen molar-refractivity contribution in [2.24, 2.45) is 0 Å². The first kappa shape index (κ1) is 18.5. The lowest BCUT2D eigenvalue weighted by Crippen LogP contribution is -2.42. The topological polar surface area (TPSA) is 76.8 Å². The molecular weight excluding hydrogens is 422 g/mol. The Hall–Kier alpha value is -2.32. The molecule has 1 aromatic carbocycles. The van der Waals surface area contributed by atoms with Gasteiger partial charge in [0.2, 0.25) is 0 Å². The highest BCUT2D eigenvalue weighted by Gasteiger charge is 2.41. The Kier molecular flexibility index (Phi) is 5.33. The number of methoxy groups -OCH3 is 1. The third-order valence-corrected chi connectivity index (χ3v) is 5.14. The van der Waals surface area contributed by atoms with E-state index in [2.05, 4.69) is 20.7 Å². The summed E-state index contributed by atoms with van der Waals surface area (Å²) in [6.07, 6.45) is 1.50. The molecule has 2 heterocycles. The van der Waals surface area contributed by atoms with Crippen LogP contribution in [0.4, 0.5) is 4.79 Å². The molecule has 0 aliphatic carbocycles. The molecule has 0 spiro atoms. The Morgan fingerprint density at radius 3 is 2.77 bits per heavy atom. The van der Waals surface area contributed by atoms with Gasteiger partial charge in [0.1, 0.15) is 17.6 Å². The van der Waals surface area contributed by atoms with Crippen molar-refractivity contribution in [2.75, 3.05) is 7.11 Å². The molecule has 2 amide bonds. The number of imide groups is 1. The summed E-state index contributed by atoms with van der Waals surface area (Å²) in [6, 6.07) is 10.1. The van der Waals surface area contributed by atoms with Crippen LogP contribution in [0.25, 0.3) is 17.4 Å². The summed E-state index contributed by atoms with van der Waals surface area (Å²) in [5, 5.41) is -0.516. The van der Waals surface area contributed by atoms with Crippen LogP contribution in [-0.4, -0.2) is 35.2 Å². The fraction of sp³-hybridized carbons (Fsp3) is 0.167. The quantitative estimate of drug-likeness (QED) is 0.525. The highest BCUT2D eigenvalue weighted by atomic mass is 79.9. The van der Waals surface area contributed by atoms with Crippen molar-refractivity contribution in [3.05, 3.63) is 51.5 Å². The maximum absolute atomic E-state index is 12.5. The summed E-state index contributed by atoms with van der Waals surface area (Å²) >= 11 is 4.17. The number of ether oxygens (including phenoxy) is 1. The molecule has 1 aliphatic rings. The second-order valence-corrected chi connectivity index (χ2v) is 7.37. The number of carbonyl (C=O) groups is 3. The van der Waals surface area contributed by atoms with Gasteiger partial charge in [-0.25, -0.2) is 4.79 Å². The molecule has 0 bridgehead atoms. The highest BCUT2D eigenvalue weighted by Crippen LogP contribution is 2.35. The predicted molar refractivity (Wildman–Crippen MR) is 101 cm³/mol. The maximum Gasteiger partial charge on any atom is 0.328 e. The smallest absolute Gasteiger partial charge is 0.328 e. The summed E-state index contributed by atoms with van der Waals surface area (Å²) in [5.41, 5.74) is 0.881. The van der Waals surface area contributed by atoms with E-state index in [1.807, 2.05) is 24.3 Å². The normalized spacial score (nSPS) is 17.0. The molecule has 6 nitrogen and oxygen atoms in total. The predicted octanol–water partition coefficient (Wildman–Crippen LogP) is 4.31.